The highest BCUT2D eigenvalue weighted by molar-refractivity contribution is 6.40. The minimum atomic E-state index is 0.194. The van der Waals surface area contributed by atoms with Gasteiger partial charge in [0.15, 0.2) is 0 Å². The van der Waals surface area contributed by atoms with Gasteiger partial charge in [0.05, 0.1) is 37.1 Å². The van der Waals surface area contributed by atoms with Gasteiger partial charge in [-0.3, -0.25) is 0 Å². The van der Waals surface area contributed by atoms with E-state index < -0.39 is 0 Å². The Morgan fingerprint density at radius 1 is 0.667 bits per heavy atom. The zero-order valence-corrected chi connectivity index (χ0v) is 9.59. The lowest BCUT2D eigenvalue weighted by molar-refractivity contribution is -0.0334. The van der Waals surface area contributed by atoms with Crippen LogP contribution in [0.25, 0.3) is 0 Å². The molecule has 1 heterocycles. The molecule has 12 heavy (non-hydrogen) atoms. The first-order valence-corrected chi connectivity index (χ1v) is 5.36. The molecule has 1 rings (SSSR count). The topological polar surface area (TPSA) is 18.5 Å². The van der Waals surface area contributed by atoms with E-state index in [0.717, 1.165) is 26.4 Å². The third kappa shape index (κ3) is 22.5. The van der Waals surface area contributed by atoms with Crippen LogP contribution in [0.1, 0.15) is 0 Å². The van der Waals surface area contributed by atoms with Crippen molar-refractivity contribution < 1.29 is 9.47 Å². The van der Waals surface area contributed by atoms with E-state index in [2.05, 4.69) is 0 Å². The van der Waals surface area contributed by atoms with Crippen LogP contribution in [0, 0.1) is 0 Å². The summed E-state index contributed by atoms with van der Waals surface area (Å²) in [4.78, 5) is 0. The molecule has 0 unspecified atom stereocenters. The Morgan fingerprint density at radius 3 is 0.917 bits per heavy atom. The minimum absolute atomic E-state index is 0.194. The van der Waals surface area contributed by atoms with Crippen LogP contribution in [-0.4, -0.2) is 37.1 Å². The Hall–Kier alpha value is 1.08. The normalized spacial score (nSPS) is 15.0. The second kappa shape index (κ2) is 18.0. The lowest BCUT2D eigenvalue weighted by Crippen LogP contribution is -2.16. The minimum Gasteiger partial charge on any atom is -0.377 e. The van der Waals surface area contributed by atoms with Gasteiger partial charge in [-0.05, 0) is 0 Å². The highest BCUT2D eigenvalue weighted by Crippen LogP contribution is 1.85. The zero-order chi connectivity index (χ0) is 9.66. The molecular weight excluding hydrogens is 246 g/mol. The summed E-state index contributed by atoms with van der Waals surface area (Å²) in [5, 5.41) is 0.389. The number of alkyl halides is 4. The van der Waals surface area contributed by atoms with Gasteiger partial charge in [-0.2, -0.15) is 0 Å². The Bertz CT molecular complexity index is 48.0. The van der Waals surface area contributed by atoms with Crippen molar-refractivity contribution in [3.8, 4) is 0 Å². The maximum atomic E-state index is 4.94. The summed E-state index contributed by atoms with van der Waals surface area (Å²) < 4.78 is 9.89. The summed E-state index contributed by atoms with van der Waals surface area (Å²) in [5.41, 5.74) is 0. The molecule has 0 aliphatic carbocycles. The monoisotopic (exact) mass is 256 g/mol. The van der Waals surface area contributed by atoms with Crippen molar-refractivity contribution >= 4 is 46.4 Å². The number of halogens is 4. The molecule has 0 bridgehead atoms. The molecule has 0 N–H and O–H groups in total. The first-order valence-electron chi connectivity index (χ1n) is 3.22. The number of ether oxygens (including phenoxy) is 2. The molecule has 0 aromatic carbocycles. The van der Waals surface area contributed by atoms with E-state index >= 15 is 0 Å². The first-order chi connectivity index (χ1) is 5.83. The van der Waals surface area contributed by atoms with Gasteiger partial charge in [-0.1, -0.05) is 0 Å². The van der Waals surface area contributed by atoms with E-state index in [1.807, 2.05) is 0 Å². The highest BCUT2D eigenvalue weighted by atomic mass is 35.5. The van der Waals surface area contributed by atoms with Crippen LogP contribution in [-0.2, 0) is 9.47 Å². The van der Waals surface area contributed by atoms with E-state index in [9.17, 15) is 0 Å². The van der Waals surface area contributed by atoms with Gasteiger partial charge in [-0.15, -0.1) is 46.4 Å². The standard InChI is InChI=1S/C4H8O2.2CH2Cl2/c1-2-6-4-3-5-1;2*2-1-3/h1-4H2;2*1H2. The van der Waals surface area contributed by atoms with Crippen LogP contribution in [0.2, 0.25) is 0 Å². The molecule has 0 amide bonds. The average Bonchev–Trinajstić information content (AvgIpc) is 2.10. The van der Waals surface area contributed by atoms with Crippen molar-refractivity contribution in [2.45, 2.75) is 0 Å². The molecule has 1 aliphatic rings. The smallest absolute Gasteiger partial charge is 0.0967 e. The van der Waals surface area contributed by atoms with Crippen molar-refractivity contribution in [2.75, 3.05) is 37.1 Å². The number of hydrogen-bond acceptors (Lipinski definition) is 2. The molecule has 2 nitrogen and oxygen atoms in total. The van der Waals surface area contributed by atoms with Gasteiger partial charge < -0.3 is 9.47 Å². The van der Waals surface area contributed by atoms with Gasteiger partial charge in [0.1, 0.15) is 0 Å². The third-order valence-corrected chi connectivity index (χ3v) is 0.744. The molecule has 0 spiro atoms. The lowest BCUT2D eigenvalue weighted by Gasteiger charge is -2.09. The maximum Gasteiger partial charge on any atom is 0.0967 e. The molecule has 0 saturated carbocycles. The SMILES string of the molecule is C1COCCO1.ClCCl.ClCCl. The summed E-state index contributed by atoms with van der Waals surface area (Å²) >= 11 is 19.1. The Balaban J connectivity index is 0. The fourth-order valence-corrected chi connectivity index (χ4v) is 0.440. The second-order valence-electron chi connectivity index (χ2n) is 1.43. The fourth-order valence-electron chi connectivity index (χ4n) is 0.440. The molecule has 1 saturated heterocycles. The summed E-state index contributed by atoms with van der Waals surface area (Å²) in [5.74, 6) is 0. The van der Waals surface area contributed by atoms with Gasteiger partial charge in [0.2, 0.25) is 0 Å². The van der Waals surface area contributed by atoms with Crippen molar-refractivity contribution in [3.05, 3.63) is 0 Å². The van der Waals surface area contributed by atoms with Crippen LogP contribution in [0.15, 0.2) is 0 Å². The van der Waals surface area contributed by atoms with Gasteiger partial charge in [-0.25, -0.2) is 0 Å². The van der Waals surface area contributed by atoms with E-state index in [4.69, 9.17) is 55.9 Å². The quantitative estimate of drug-likeness (QED) is 0.622. The van der Waals surface area contributed by atoms with Gasteiger partial charge >= 0.3 is 0 Å². The van der Waals surface area contributed by atoms with Crippen LogP contribution >= 0.6 is 46.4 Å². The molecule has 1 aliphatic heterocycles. The Kier molecular flexibility index (Phi) is 23.3. The molecule has 0 aromatic rings. The summed E-state index contributed by atoms with van der Waals surface area (Å²) in [6, 6.07) is 0. The Labute approximate surface area is 93.0 Å². The Morgan fingerprint density at radius 2 is 0.833 bits per heavy atom. The summed E-state index contributed by atoms with van der Waals surface area (Å²) in [7, 11) is 0. The van der Waals surface area contributed by atoms with Crippen molar-refractivity contribution in [3.63, 3.8) is 0 Å². The third-order valence-electron chi connectivity index (χ3n) is 0.744. The first kappa shape index (κ1) is 15.5. The second-order valence-corrected chi connectivity index (χ2v) is 3.04. The van der Waals surface area contributed by atoms with E-state index in [1.165, 1.54) is 0 Å². The van der Waals surface area contributed by atoms with Gasteiger partial charge in [0.25, 0.3) is 0 Å². The fraction of sp³-hybridized carbons (Fsp3) is 1.00. The largest absolute Gasteiger partial charge is 0.377 e. The predicted octanol–water partition coefficient (Wildman–Crippen LogP) is 2.88. The molecule has 76 valence electrons. The zero-order valence-electron chi connectivity index (χ0n) is 6.57. The van der Waals surface area contributed by atoms with Crippen molar-refractivity contribution in [2.24, 2.45) is 0 Å². The molecule has 1 fully saturated rings. The molecule has 0 radical (unpaired) electrons. The van der Waals surface area contributed by atoms with Crippen LogP contribution < -0.4 is 0 Å². The van der Waals surface area contributed by atoms with E-state index in [-0.39, 0.29) is 10.7 Å². The van der Waals surface area contributed by atoms with Crippen LogP contribution in [0.5, 0.6) is 0 Å². The average molecular weight is 258 g/mol. The summed E-state index contributed by atoms with van der Waals surface area (Å²) in [6.45, 7) is 3.11. The van der Waals surface area contributed by atoms with Crippen LogP contribution in [0.4, 0.5) is 0 Å². The van der Waals surface area contributed by atoms with Crippen molar-refractivity contribution in [1.82, 2.24) is 0 Å². The molecule has 0 atom stereocenters. The van der Waals surface area contributed by atoms with E-state index in [0.29, 0.717) is 0 Å². The molecular formula is C6H12Cl4O2. The molecule has 6 heteroatoms. The predicted molar refractivity (Wildman–Crippen MR) is 54.8 cm³/mol. The number of hydrogen-bond donors (Lipinski definition) is 0. The maximum absolute atomic E-state index is 4.94. The van der Waals surface area contributed by atoms with E-state index in [1.54, 1.807) is 0 Å². The van der Waals surface area contributed by atoms with Crippen LogP contribution in [0.3, 0.4) is 0 Å². The number of rotatable bonds is 0. The lowest BCUT2D eigenvalue weighted by atomic mass is 10.6. The highest BCUT2D eigenvalue weighted by Gasteiger charge is 1.94. The molecule has 0 aromatic heterocycles. The van der Waals surface area contributed by atoms with Crippen molar-refractivity contribution in [1.29, 1.82) is 0 Å². The summed E-state index contributed by atoms with van der Waals surface area (Å²) in [6.07, 6.45) is 0. The van der Waals surface area contributed by atoms with Gasteiger partial charge in [0, 0.05) is 0 Å².